The van der Waals surface area contributed by atoms with E-state index in [1.807, 2.05) is 17.0 Å². The van der Waals surface area contributed by atoms with Crippen LogP contribution in [0, 0.1) is 0 Å². The number of hydrogen-bond donors (Lipinski definition) is 2. The van der Waals surface area contributed by atoms with Crippen molar-refractivity contribution in [2.45, 2.75) is 32.2 Å². The van der Waals surface area contributed by atoms with Gasteiger partial charge >= 0.3 is 0 Å². The van der Waals surface area contributed by atoms with Crippen molar-refractivity contribution in [3.63, 3.8) is 0 Å². The highest BCUT2D eigenvalue weighted by molar-refractivity contribution is 14.0. The minimum absolute atomic E-state index is 0. The zero-order valence-electron chi connectivity index (χ0n) is 18.1. The van der Waals surface area contributed by atoms with Gasteiger partial charge in [0.15, 0.2) is 5.96 Å². The number of carbonyl (C=O) groups excluding carboxylic acids is 1. The van der Waals surface area contributed by atoms with E-state index in [4.69, 9.17) is 9.73 Å². The third-order valence-electron chi connectivity index (χ3n) is 4.94. The van der Waals surface area contributed by atoms with Crippen molar-refractivity contribution >= 4 is 35.8 Å². The van der Waals surface area contributed by atoms with Crippen LogP contribution in [0.2, 0.25) is 0 Å². The number of methoxy groups -OCH3 is 1. The van der Waals surface area contributed by atoms with Crippen LogP contribution in [0.1, 0.15) is 37.8 Å². The highest BCUT2D eigenvalue weighted by atomic mass is 127. The Kier molecular flexibility index (Phi) is 12.0. The van der Waals surface area contributed by atoms with E-state index >= 15 is 0 Å². The summed E-state index contributed by atoms with van der Waals surface area (Å²) in [4.78, 5) is 20.6. The van der Waals surface area contributed by atoms with E-state index < -0.39 is 0 Å². The first kappa shape index (κ1) is 25.5. The molecule has 1 amide bonds. The maximum absolute atomic E-state index is 11.7. The van der Waals surface area contributed by atoms with E-state index in [-0.39, 0.29) is 35.9 Å². The molecule has 1 aliphatic rings. The second kappa shape index (κ2) is 13.6. The largest absolute Gasteiger partial charge is 0.497 e. The van der Waals surface area contributed by atoms with Gasteiger partial charge in [0.05, 0.1) is 19.7 Å². The van der Waals surface area contributed by atoms with Crippen LogP contribution in [0.4, 0.5) is 0 Å². The fourth-order valence-electron chi connectivity index (χ4n) is 3.35. The fourth-order valence-corrected chi connectivity index (χ4v) is 3.35. The molecule has 1 fully saturated rings. The molecule has 0 spiro atoms. The van der Waals surface area contributed by atoms with Gasteiger partial charge in [-0.15, -0.1) is 24.0 Å². The van der Waals surface area contributed by atoms with Gasteiger partial charge in [-0.25, -0.2) is 0 Å². The third-order valence-corrected chi connectivity index (χ3v) is 4.94. The molecule has 0 aromatic heterocycles. The number of guanidine groups is 1. The van der Waals surface area contributed by atoms with Crippen molar-refractivity contribution in [3.8, 4) is 5.75 Å². The zero-order valence-corrected chi connectivity index (χ0v) is 20.4. The van der Waals surface area contributed by atoms with Crippen molar-refractivity contribution in [3.05, 3.63) is 29.8 Å². The summed E-state index contributed by atoms with van der Waals surface area (Å²) < 4.78 is 5.36. The minimum atomic E-state index is 0. The summed E-state index contributed by atoms with van der Waals surface area (Å²) in [6.07, 6.45) is 2.61. The minimum Gasteiger partial charge on any atom is -0.497 e. The Balaban J connectivity index is 0.00000420. The molecule has 2 N–H and O–H groups in total. The number of carbonyl (C=O) groups is 1. The van der Waals surface area contributed by atoms with E-state index in [0.29, 0.717) is 13.0 Å². The fraction of sp³-hybridized carbons (Fsp3) is 0.619. The van der Waals surface area contributed by atoms with Crippen LogP contribution in [0.15, 0.2) is 29.3 Å². The standard InChI is InChI=1S/C21H35N5O2.HI/c1-5-22-21(23-12-8-14-26-13-7-11-20(26)27)24-16-19(25(2)3)17-9-6-10-18(15-17)28-4;/h6,9-10,15,19H,5,7-8,11-14,16H2,1-4H3,(H2,22,23,24);1H. The van der Waals surface area contributed by atoms with Gasteiger partial charge in [0.1, 0.15) is 5.75 Å². The first-order valence-corrected chi connectivity index (χ1v) is 10.2. The van der Waals surface area contributed by atoms with Crippen molar-refractivity contribution in [1.29, 1.82) is 0 Å². The molecule has 1 aromatic carbocycles. The van der Waals surface area contributed by atoms with Crippen LogP contribution < -0.4 is 15.4 Å². The lowest BCUT2D eigenvalue weighted by Gasteiger charge is -2.24. The first-order chi connectivity index (χ1) is 13.5. The molecule has 0 bridgehead atoms. The summed E-state index contributed by atoms with van der Waals surface area (Å²) in [5, 5.41) is 6.69. The molecule has 1 aromatic rings. The Bertz CT molecular complexity index is 654. The Morgan fingerprint density at radius 1 is 1.34 bits per heavy atom. The van der Waals surface area contributed by atoms with Crippen LogP contribution in [-0.4, -0.2) is 75.6 Å². The molecule has 2 rings (SSSR count). The Morgan fingerprint density at radius 3 is 2.76 bits per heavy atom. The lowest BCUT2D eigenvalue weighted by molar-refractivity contribution is -0.127. The number of halogens is 1. The number of rotatable bonds is 10. The quantitative estimate of drug-likeness (QED) is 0.216. The normalized spacial score (nSPS) is 15.3. The molecule has 164 valence electrons. The molecule has 1 unspecified atom stereocenters. The molecular weight excluding hydrogens is 481 g/mol. The number of hydrogen-bond acceptors (Lipinski definition) is 4. The van der Waals surface area contributed by atoms with Crippen LogP contribution in [0.5, 0.6) is 5.75 Å². The Morgan fingerprint density at radius 2 is 2.14 bits per heavy atom. The molecule has 0 radical (unpaired) electrons. The lowest BCUT2D eigenvalue weighted by atomic mass is 10.1. The number of ether oxygens (including phenoxy) is 1. The van der Waals surface area contributed by atoms with Gasteiger partial charge in [-0.2, -0.15) is 0 Å². The lowest BCUT2D eigenvalue weighted by Crippen LogP contribution is -2.39. The number of nitrogens with zero attached hydrogens (tertiary/aromatic N) is 3. The van der Waals surface area contributed by atoms with E-state index in [2.05, 4.69) is 48.7 Å². The molecule has 8 heteroatoms. The monoisotopic (exact) mass is 517 g/mol. The molecule has 1 atom stereocenters. The van der Waals surface area contributed by atoms with Gasteiger partial charge in [-0.05, 0) is 51.6 Å². The van der Waals surface area contributed by atoms with Gasteiger partial charge in [0, 0.05) is 32.6 Å². The summed E-state index contributed by atoms with van der Waals surface area (Å²) in [7, 11) is 5.81. The van der Waals surface area contributed by atoms with Crippen molar-refractivity contribution < 1.29 is 9.53 Å². The highest BCUT2D eigenvalue weighted by Gasteiger charge is 2.19. The molecule has 1 saturated heterocycles. The zero-order chi connectivity index (χ0) is 20.4. The van der Waals surface area contributed by atoms with Gasteiger partial charge in [0.25, 0.3) is 0 Å². The van der Waals surface area contributed by atoms with Gasteiger partial charge in [0.2, 0.25) is 5.91 Å². The Labute approximate surface area is 192 Å². The smallest absolute Gasteiger partial charge is 0.222 e. The molecule has 29 heavy (non-hydrogen) atoms. The van der Waals surface area contributed by atoms with Crippen LogP contribution in [-0.2, 0) is 4.79 Å². The van der Waals surface area contributed by atoms with Crippen molar-refractivity contribution in [2.75, 3.05) is 53.9 Å². The number of likely N-dealkylation sites (N-methyl/N-ethyl adjacent to an activating group) is 1. The van der Waals surface area contributed by atoms with E-state index in [1.165, 1.54) is 5.56 Å². The molecule has 1 heterocycles. The summed E-state index contributed by atoms with van der Waals surface area (Å²) >= 11 is 0. The second-order valence-corrected chi connectivity index (χ2v) is 7.24. The summed E-state index contributed by atoms with van der Waals surface area (Å²) in [6.45, 7) is 6.02. The predicted molar refractivity (Wildman–Crippen MR) is 129 cm³/mol. The number of amides is 1. The average Bonchev–Trinajstić information content (AvgIpc) is 3.10. The first-order valence-electron chi connectivity index (χ1n) is 10.2. The molecule has 7 nitrogen and oxygen atoms in total. The molecule has 0 aliphatic carbocycles. The van der Waals surface area contributed by atoms with Crippen molar-refractivity contribution in [2.24, 2.45) is 4.99 Å². The van der Waals surface area contributed by atoms with E-state index in [0.717, 1.165) is 50.7 Å². The number of nitrogens with one attached hydrogen (secondary N) is 2. The second-order valence-electron chi connectivity index (χ2n) is 7.24. The topological polar surface area (TPSA) is 69.2 Å². The maximum Gasteiger partial charge on any atom is 0.222 e. The van der Waals surface area contributed by atoms with Gasteiger partial charge in [-0.3, -0.25) is 9.79 Å². The van der Waals surface area contributed by atoms with Crippen LogP contribution >= 0.6 is 24.0 Å². The predicted octanol–water partition coefficient (Wildman–Crippen LogP) is 2.48. The number of aliphatic imine (C=N–C) groups is 1. The summed E-state index contributed by atoms with van der Waals surface area (Å²) in [5.74, 6) is 1.95. The SMILES string of the molecule is CCNC(=NCC(c1cccc(OC)c1)N(C)C)NCCCN1CCCC1=O.I. The van der Waals surface area contributed by atoms with Gasteiger partial charge < -0.3 is 25.2 Å². The van der Waals surface area contributed by atoms with Gasteiger partial charge in [-0.1, -0.05) is 12.1 Å². The number of benzene rings is 1. The average molecular weight is 517 g/mol. The molecule has 0 saturated carbocycles. The van der Waals surface area contributed by atoms with E-state index in [9.17, 15) is 4.79 Å². The Hall–Kier alpha value is -1.55. The summed E-state index contributed by atoms with van der Waals surface area (Å²) in [6, 6.07) is 8.30. The van der Waals surface area contributed by atoms with Crippen LogP contribution in [0.3, 0.4) is 0 Å². The molecular formula is C21H36IN5O2. The number of likely N-dealkylation sites (tertiary alicyclic amines) is 1. The van der Waals surface area contributed by atoms with E-state index in [1.54, 1.807) is 7.11 Å². The van der Waals surface area contributed by atoms with Crippen molar-refractivity contribution in [1.82, 2.24) is 20.4 Å². The maximum atomic E-state index is 11.7. The third kappa shape index (κ3) is 8.38. The molecule has 1 aliphatic heterocycles. The van der Waals surface area contributed by atoms with Crippen LogP contribution in [0.25, 0.3) is 0 Å². The summed E-state index contributed by atoms with van der Waals surface area (Å²) in [5.41, 5.74) is 1.18. The highest BCUT2D eigenvalue weighted by Crippen LogP contribution is 2.22.